The van der Waals surface area contributed by atoms with E-state index in [1.54, 1.807) is 0 Å². The topological polar surface area (TPSA) is 39.7 Å². The van der Waals surface area contributed by atoms with Crippen LogP contribution >= 0.6 is 0 Å². The summed E-state index contributed by atoms with van der Waals surface area (Å²) in [4.78, 5) is 6.96. The average Bonchev–Trinajstić information content (AvgIpc) is 3.60. The zero-order valence-electron chi connectivity index (χ0n) is 16.2. The quantitative estimate of drug-likeness (QED) is 0.555. The monoisotopic (exact) mass is 354 g/mol. The molecule has 4 heteroatoms. The molecule has 0 aromatic heterocycles. The summed E-state index contributed by atoms with van der Waals surface area (Å²) >= 11 is 0. The molecule has 1 saturated heterocycles. The minimum Gasteiger partial charge on any atom is -0.356 e. The maximum atomic E-state index is 4.41. The largest absolute Gasteiger partial charge is 0.356 e. The summed E-state index contributed by atoms with van der Waals surface area (Å²) in [5.41, 5.74) is 2.74. The van der Waals surface area contributed by atoms with Gasteiger partial charge in [-0.1, -0.05) is 24.3 Å². The molecule has 0 bridgehead atoms. The fraction of sp³-hybridized carbons (Fsp3) is 0.682. The van der Waals surface area contributed by atoms with E-state index >= 15 is 0 Å². The number of aliphatic imine (C=N–C) groups is 1. The second-order valence-corrected chi connectivity index (χ2v) is 8.45. The van der Waals surface area contributed by atoms with Crippen molar-refractivity contribution in [1.29, 1.82) is 0 Å². The smallest absolute Gasteiger partial charge is 0.191 e. The van der Waals surface area contributed by atoms with Crippen molar-refractivity contribution >= 4 is 5.96 Å². The Morgan fingerprint density at radius 1 is 1.00 bits per heavy atom. The van der Waals surface area contributed by atoms with E-state index in [2.05, 4.69) is 44.8 Å². The highest BCUT2D eigenvalue weighted by Crippen LogP contribution is 2.48. The van der Waals surface area contributed by atoms with Crippen molar-refractivity contribution in [3.8, 4) is 0 Å². The molecule has 0 radical (unpaired) electrons. The van der Waals surface area contributed by atoms with Crippen LogP contribution in [0, 0.1) is 17.8 Å². The van der Waals surface area contributed by atoms with Gasteiger partial charge in [-0.3, -0.25) is 9.89 Å². The van der Waals surface area contributed by atoms with Gasteiger partial charge in [0.25, 0.3) is 0 Å². The van der Waals surface area contributed by atoms with Gasteiger partial charge in [0.05, 0.1) is 0 Å². The van der Waals surface area contributed by atoms with E-state index in [1.807, 2.05) is 7.05 Å². The van der Waals surface area contributed by atoms with Gasteiger partial charge >= 0.3 is 0 Å². The van der Waals surface area contributed by atoms with Crippen molar-refractivity contribution < 1.29 is 0 Å². The number of hydrogen-bond acceptors (Lipinski definition) is 2. The fourth-order valence-electron chi connectivity index (χ4n) is 4.35. The Kier molecular flexibility index (Phi) is 5.78. The summed E-state index contributed by atoms with van der Waals surface area (Å²) in [6.45, 7) is 5.54. The first-order valence-corrected chi connectivity index (χ1v) is 10.6. The molecule has 1 heterocycles. The number of hydrogen-bond donors (Lipinski definition) is 2. The highest BCUT2D eigenvalue weighted by Gasteiger charge is 2.41. The van der Waals surface area contributed by atoms with Gasteiger partial charge in [-0.05, 0) is 80.5 Å². The first-order chi connectivity index (χ1) is 12.8. The lowest BCUT2D eigenvalue weighted by molar-refractivity contribution is 0.331. The normalized spacial score (nSPS) is 21.4. The molecular formula is C22H34N4. The third-order valence-corrected chi connectivity index (χ3v) is 6.27. The highest BCUT2D eigenvalue weighted by atomic mass is 15.2. The number of nitrogens with zero attached hydrogens (tertiary/aromatic N) is 2. The fourth-order valence-corrected chi connectivity index (χ4v) is 4.35. The van der Waals surface area contributed by atoms with Crippen molar-refractivity contribution in [1.82, 2.24) is 15.5 Å². The minimum absolute atomic E-state index is 0.835. The SMILES string of the molecule is CN=C(NCc1ccc(CN2CCCC2)cc1)NCC(C1CC1)C1CC1. The van der Waals surface area contributed by atoms with E-state index in [9.17, 15) is 0 Å². The first kappa shape index (κ1) is 17.8. The van der Waals surface area contributed by atoms with E-state index in [0.29, 0.717) is 0 Å². The van der Waals surface area contributed by atoms with E-state index in [-0.39, 0.29) is 0 Å². The number of likely N-dealkylation sites (tertiary alicyclic amines) is 1. The van der Waals surface area contributed by atoms with Crippen molar-refractivity contribution in [3.05, 3.63) is 35.4 Å². The molecule has 1 aromatic carbocycles. The van der Waals surface area contributed by atoms with Gasteiger partial charge in [-0.2, -0.15) is 0 Å². The van der Waals surface area contributed by atoms with Crippen molar-refractivity contribution in [2.24, 2.45) is 22.7 Å². The Morgan fingerprint density at radius 3 is 2.19 bits per heavy atom. The predicted molar refractivity (Wildman–Crippen MR) is 108 cm³/mol. The standard InChI is InChI=1S/C22H34N4/c1-23-22(25-15-21(19-8-9-19)20-10-11-20)24-14-17-4-6-18(7-5-17)16-26-12-2-3-13-26/h4-7,19-21H,2-3,8-16H2,1H3,(H2,23,24,25). The van der Waals surface area contributed by atoms with Gasteiger partial charge in [0.1, 0.15) is 0 Å². The van der Waals surface area contributed by atoms with Crippen LogP contribution in [0.2, 0.25) is 0 Å². The summed E-state index contributed by atoms with van der Waals surface area (Å²) < 4.78 is 0. The molecule has 3 fully saturated rings. The Balaban J connectivity index is 1.21. The molecule has 1 aromatic rings. The van der Waals surface area contributed by atoms with E-state index in [0.717, 1.165) is 43.3 Å². The Labute approximate surface area is 158 Å². The summed E-state index contributed by atoms with van der Waals surface area (Å²) in [5, 5.41) is 7.06. The van der Waals surface area contributed by atoms with Gasteiger partial charge in [-0.15, -0.1) is 0 Å². The summed E-state index contributed by atoms with van der Waals surface area (Å²) in [6.07, 6.45) is 8.49. The minimum atomic E-state index is 0.835. The first-order valence-electron chi connectivity index (χ1n) is 10.6. The van der Waals surface area contributed by atoms with Gasteiger partial charge in [0.2, 0.25) is 0 Å². The van der Waals surface area contributed by atoms with E-state index in [4.69, 9.17) is 0 Å². The predicted octanol–water partition coefficient (Wildman–Crippen LogP) is 3.38. The zero-order valence-corrected chi connectivity index (χ0v) is 16.2. The number of guanidine groups is 1. The molecule has 0 atom stereocenters. The van der Waals surface area contributed by atoms with Gasteiger partial charge < -0.3 is 10.6 Å². The lowest BCUT2D eigenvalue weighted by Gasteiger charge is -2.19. The van der Waals surface area contributed by atoms with Crippen LogP contribution in [0.3, 0.4) is 0 Å². The lowest BCUT2D eigenvalue weighted by atomic mass is 9.98. The molecule has 4 rings (SSSR count). The van der Waals surface area contributed by atoms with Crippen LogP contribution in [0.25, 0.3) is 0 Å². The van der Waals surface area contributed by atoms with E-state index < -0.39 is 0 Å². The molecular weight excluding hydrogens is 320 g/mol. The van der Waals surface area contributed by atoms with E-state index in [1.165, 1.54) is 62.7 Å². The van der Waals surface area contributed by atoms with Crippen molar-refractivity contribution in [2.75, 3.05) is 26.7 Å². The molecule has 26 heavy (non-hydrogen) atoms. The third kappa shape index (κ3) is 5.00. The summed E-state index contributed by atoms with van der Waals surface area (Å²) in [5.74, 6) is 3.78. The van der Waals surface area contributed by atoms with Gasteiger partial charge in [0, 0.05) is 26.7 Å². The molecule has 4 nitrogen and oxygen atoms in total. The molecule has 0 spiro atoms. The molecule has 0 unspecified atom stereocenters. The Morgan fingerprint density at radius 2 is 1.62 bits per heavy atom. The highest BCUT2D eigenvalue weighted by molar-refractivity contribution is 5.79. The van der Waals surface area contributed by atoms with Gasteiger partial charge in [-0.25, -0.2) is 0 Å². The Hall–Kier alpha value is -1.55. The van der Waals surface area contributed by atoms with Crippen LogP contribution in [0.1, 0.15) is 49.7 Å². The number of nitrogens with one attached hydrogen (secondary N) is 2. The molecule has 1 aliphatic heterocycles. The van der Waals surface area contributed by atoms with Crippen LogP contribution in [0.4, 0.5) is 0 Å². The summed E-state index contributed by atoms with van der Waals surface area (Å²) in [7, 11) is 1.87. The number of rotatable bonds is 8. The van der Waals surface area contributed by atoms with Crippen molar-refractivity contribution in [2.45, 2.75) is 51.6 Å². The molecule has 2 N–H and O–H groups in total. The summed E-state index contributed by atoms with van der Waals surface area (Å²) in [6, 6.07) is 9.06. The molecule has 0 amide bonds. The second-order valence-electron chi connectivity index (χ2n) is 8.45. The van der Waals surface area contributed by atoms with Crippen molar-refractivity contribution in [3.63, 3.8) is 0 Å². The van der Waals surface area contributed by atoms with Crippen LogP contribution in [-0.4, -0.2) is 37.5 Å². The molecule has 2 saturated carbocycles. The maximum absolute atomic E-state index is 4.41. The second kappa shape index (κ2) is 8.43. The zero-order chi connectivity index (χ0) is 17.8. The Bertz CT molecular complexity index is 583. The van der Waals surface area contributed by atoms with Crippen LogP contribution in [0.5, 0.6) is 0 Å². The maximum Gasteiger partial charge on any atom is 0.191 e. The molecule has 3 aliphatic rings. The van der Waals surface area contributed by atoms with Crippen LogP contribution in [0.15, 0.2) is 29.3 Å². The molecule has 142 valence electrons. The van der Waals surface area contributed by atoms with Crippen LogP contribution in [-0.2, 0) is 13.1 Å². The average molecular weight is 355 g/mol. The molecule has 2 aliphatic carbocycles. The third-order valence-electron chi connectivity index (χ3n) is 6.27. The van der Waals surface area contributed by atoms with Gasteiger partial charge in [0.15, 0.2) is 5.96 Å². The lowest BCUT2D eigenvalue weighted by Crippen LogP contribution is -2.40. The number of benzene rings is 1. The van der Waals surface area contributed by atoms with Crippen LogP contribution < -0.4 is 10.6 Å².